The minimum atomic E-state index is -4.73. The summed E-state index contributed by atoms with van der Waals surface area (Å²) in [5.41, 5.74) is 6.40. The van der Waals surface area contributed by atoms with Crippen molar-refractivity contribution < 1.29 is 71.4 Å². The number of esters is 1. The Morgan fingerprint density at radius 2 is 1.63 bits per heavy atom. The van der Waals surface area contributed by atoms with Crippen molar-refractivity contribution in [2.75, 3.05) is 26.1 Å². The number of nitrogens with one attached hydrogen (secondary N) is 1. The van der Waals surface area contributed by atoms with Crippen molar-refractivity contribution in [3.05, 3.63) is 112 Å². The molecular formula is C66H87F3N4O12S. The Morgan fingerprint density at radius 3 is 2.30 bits per heavy atom. The molecule has 1 unspecified atom stereocenters. The predicted molar refractivity (Wildman–Crippen MR) is 322 cm³/mol. The first-order valence-corrected chi connectivity index (χ1v) is 30.8. The number of ether oxygens (including phenoxy) is 4. The smallest absolute Gasteiger partial charge is 0.417 e. The number of hydrogen-bond donors (Lipinski definition) is 5. The highest BCUT2D eigenvalue weighted by atomic mass is 32.2. The summed E-state index contributed by atoms with van der Waals surface area (Å²) in [5, 5.41) is 48.0. The van der Waals surface area contributed by atoms with Gasteiger partial charge in [0.05, 0.1) is 40.5 Å². The van der Waals surface area contributed by atoms with Crippen molar-refractivity contribution in [3.63, 3.8) is 0 Å². The quantitative estimate of drug-likeness (QED) is 0.0488. The molecule has 2 saturated heterocycles. The van der Waals surface area contributed by atoms with Crippen LogP contribution in [-0.2, 0) is 49.1 Å². The lowest BCUT2D eigenvalue weighted by Gasteiger charge is -2.44. The molecule has 1 saturated carbocycles. The van der Waals surface area contributed by atoms with E-state index in [0.717, 1.165) is 28.3 Å². The summed E-state index contributed by atoms with van der Waals surface area (Å²) in [6, 6.07) is 11.4. The van der Waals surface area contributed by atoms with Gasteiger partial charge in [0, 0.05) is 61.1 Å². The number of thioether (sulfide) groups is 1. The molecule has 0 radical (unpaired) electrons. The number of carbonyl (C=O) groups is 5. The van der Waals surface area contributed by atoms with E-state index in [9.17, 15) is 57.7 Å². The number of piperidine rings is 1. The van der Waals surface area contributed by atoms with E-state index in [0.29, 0.717) is 73.9 Å². The van der Waals surface area contributed by atoms with Crippen LogP contribution < -0.4 is 11.1 Å². The molecule has 86 heavy (non-hydrogen) atoms. The number of aliphatic hydroxyl groups excluding tert-OH is 2. The highest BCUT2D eigenvalue weighted by molar-refractivity contribution is 8.03. The highest BCUT2D eigenvalue weighted by Crippen LogP contribution is 2.41. The first-order chi connectivity index (χ1) is 40.7. The Labute approximate surface area is 508 Å². The lowest BCUT2D eigenvalue weighted by atomic mass is 9.78. The summed E-state index contributed by atoms with van der Waals surface area (Å²) >= 11 is 0.916. The molecule has 15 atom stereocenters. The third kappa shape index (κ3) is 17.9. The summed E-state index contributed by atoms with van der Waals surface area (Å²) in [5.74, 6) is -9.02. The van der Waals surface area contributed by atoms with Crippen LogP contribution in [0.5, 0.6) is 0 Å². The van der Waals surface area contributed by atoms with E-state index >= 15 is 0 Å². The maximum absolute atomic E-state index is 14.8. The van der Waals surface area contributed by atoms with Gasteiger partial charge in [-0.05, 0) is 138 Å². The summed E-state index contributed by atoms with van der Waals surface area (Å²) < 4.78 is 65.9. The maximum atomic E-state index is 14.8. The van der Waals surface area contributed by atoms with Gasteiger partial charge in [0.15, 0.2) is 5.78 Å². The Kier molecular flexibility index (Phi) is 25.2. The summed E-state index contributed by atoms with van der Waals surface area (Å²) in [6.07, 6.45) is 5.23. The second-order valence-electron chi connectivity index (χ2n) is 24.1. The zero-order valence-electron chi connectivity index (χ0n) is 50.9. The molecule has 6 rings (SSSR count). The average molecular weight is 1220 g/mol. The molecule has 0 spiro atoms. The zero-order chi connectivity index (χ0) is 63.2. The van der Waals surface area contributed by atoms with Gasteiger partial charge in [0.1, 0.15) is 36.2 Å². The zero-order valence-corrected chi connectivity index (χ0v) is 51.7. The first kappa shape index (κ1) is 69.2. The number of anilines is 1. The number of nitrogens with two attached hydrogens (primary N) is 1. The van der Waals surface area contributed by atoms with Crippen LogP contribution in [-0.4, -0.2) is 125 Å². The summed E-state index contributed by atoms with van der Waals surface area (Å²) in [7, 11) is 2.90. The minimum Gasteiger partial charge on any atom is -0.460 e. The third-order valence-corrected chi connectivity index (χ3v) is 18.4. The fourth-order valence-electron chi connectivity index (χ4n) is 12.3. The van der Waals surface area contributed by atoms with Crippen molar-refractivity contribution in [2.45, 2.75) is 191 Å². The van der Waals surface area contributed by atoms with Crippen molar-refractivity contribution >= 4 is 52.2 Å². The molecule has 2 bridgehead atoms. The molecule has 3 heterocycles. The van der Waals surface area contributed by atoms with Crippen molar-refractivity contribution in [3.8, 4) is 6.07 Å². The molecule has 470 valence electrons. The molecule has 2 aromatic carbocycles. The monoisotopic (exact) mass is 1220 g/mol. The van der Waals surface area contributed by atoms with Crippen LogP contribution in [0.4, 0.5) is 18.9 Å². The fraction of sp³-hybridized carbons (Fsp3) is 0.576. The van der Waals surface area contributed by atoms with Gasteiger partial charge in [-0.3, -0.25) is 19.2 Å². The normalized spacial score (nSPS) is 33.8. The molecule has 6 N–H and O–H groups in total. The molecule has 3 fully saturated rings. The van der Waals surface area contributed by atoms with E-state index in [2.05, 4.69) is 5.32 Å². The number of ketones is 3. The largest absolute Gasteiger partial charge is 0.460 e. The molecule has 1 amide bonds. The Hall–Kier alpha value is -5.92. The van der Waals surface area contributed by atoms with E-state index in [4.69, 9.17) is 24.7 Å². The lowest BCUT2D eigenvalue weighted by Crippen LogP contribution is -2.62. The van der Waals surface area contributed by atoms with Gasteiger partial charge >= 0.3 is 12.1 Å². The fourth-order valence-corrected chi connectivity index (χ4v) is 13.1. The van der Waals surface area contributed by atoms with Crippen LogP contribution in [0.25, 0.3) is 5.57 Å². The van der Waals surface area contributed by atoms with E-state index in [1.165, 1.54) is 25.3 Å². The second kappa shape index (κ2) is 31.3. The van der Waals surface area contributed by atoms with Crippen molar-refractivity contribution in [2.24, 2.45) is 41.2 Å². The number of aliphatic hydroxyl groups is 3. The van der Waals surface area contributed by atoms with Crippen LogP contribution in [0.1, 0.15) is 137 Å². The van der Waals surface area contributed by atoms with Gasteiger partial charge in [-0.1, -0.05) is 107 Å². The number of carbonyl (C=O) groups excluding carboxylic acids is 5. The van der Waals surface area contributed by atoms with E-state index in [1.54, 1.807) is 65.1 Å². The van der Waals surface area contributed by atoms with E-state index < -0.39 is 108 Å². The van der Waals surface area contributed by atoms with Gasteiger partial charge in [0.25, 0.3) is 11.7 Å². The molecule has 3 aliphatic heterocycles. The molecule has 16 nitrogen and oxygen atoms in total. The number of alkyl halides is 3. The van der Waals surface area contributed by atoms with Crippen LogP contribution >= 0.6 is 11.8 Å². The minimum absolute atomic E-state index is 0.00243. The number of cyclic esters (lactones) is 1. The van der Waals surface area contributed by atoms with Crippen molar-refractivity contribution in [1.29, 1.82) is 5.26 Å². The number of methoxy groups -OCH3 is 2. The molecule has 1 aliphatic carbocycles. The number of rotatable bonds is 10. The number of nitrogens with zero attached hydrogens (tertiary/aromatic N) is 2. The standard InChI is InChI=1S/C66H87F3N4O12S/c1-38-17-11-10-12-18-39(2)32-51(72-46-24-26-47(27-25-46)86-62(71)49(37-70)48-19-13-14-20-50(48)66(67,68)69)55-29-22-44(7)65(81,85-55)61(78)63(79)73-30-16-15-21-52(73)64(80)84-56(41(4)34-45-23-28-53(74)57(35-45)82-8)36-54(75)40(3)33-43(6)59(77)60(83-9)58(76)42(5)31-38/h10-14,17-20,24-27,33,38,40-42,44-45,51-53,55-57,59-60,72,74,77,81H,15-16,21-23,28-32,34-36,71H2,1-9H3/b12-10-,17-11-,39-18-,43-33-,62-49+/t38-,40-,41?,42-,44-,45-,51-,52+,53-,55+,56+,57-,59-,60+,65-/m1/s1. The highest BCUT2D eigenvalue weighted by Gasteiger charge is 2.54. The Morgan fingerprint density at radius 1 is 0.919 bits per heavy atom. The Bertz CT molecular complexity index is 2900. The van der Waals surface area contributed by atoms with Crippen LogP contribution in [0.15, 0.2) is 106 Å². The second-order valence-corrected chi connectivity index (χ2v) is 25.2. The van der Waals surface area contributed by atoms with Crippen LogP contribution in [0.3, 0.4) is 0 Å². The number of amides is 1. The number of halogens is 3. The average Bonchev–Trinajstić information content (AvgIpc) is 1.11. The van der Waals surface area contributed by atoms with Gasteiger partial charge in [0.2, 0.25) is 5.79 Å². The SMILES string of the molecule is CO[C@@H]1C[C@@H](CC(C)[C@@H]2CC(=O)[C@H](C)/C=C(/C)[C@@H](O)[C@@H](OC)C(=O)[C@H](C)C[C@H](C)\C=C/C=C\C=C(\C)C[C@@H](Nc3ccc(S/C(N)=C(\C#N)c4ccccc4C(F)(F)F)cc3)[C@@H]3CC[C@@H](C)[C@@](O)(O3)C(=O)C(=O)N3CCCC[C@H]3C(=O)O2)CC[C@H]1O. The number of allylic oxidation sites excluding steroid dienone is 7. The topological polar surface area (TPSA) is 248 Å². The number of hydrogen-bond acceptors (Lipinski definition) is 16. The molecule has 4 aliphatic rings. The third-order valence-electron chi connectivity index (χ3n) is 17.5. The van der Waals surface area contributed by atoms with Crippen molar-refractivity contribution in [1.82, 2.24) is 4.90 Å². The number of fused-ring (bicyclic) bond motifs is 3. The number of nitriles is 1. The lowest BCUT2D eigenvalue weighted by molar-refractivity contribution is -0.264. The molecule has 0 aromatic heterocycles. The molecular weight excluding hydrogens is 1130 g/mol. The van der Waals surface area contributed by atoms with Crippen LogP contribution in [0.2, 0.25) is 0 Å². The van der Waals surface area contributed by atoms with Gasteiger partial charge in [-0.15, -0.1) is 0 Å². The van der Waals surface area contributed by atoms with Gasteiger partial charge in [-0.25, -0.2) is 4.79 Å². The molecule has 20 heteroatoms. The number of Topliss-reactive ketones (excluding diaryl/α,β-unsaturated/α-hetero) is 3. The summed E-state index contributed by atoms with van der Waals surface area (Å²) in [4.78, 5) is 74.0. The first-order valence-electron chi connectivity index (χ1n) is 29.9. The predicted octanol–water partition coefficient (Wildman–Crippen LogP) is 10.6. The van der Waals surface area contributed by atoms with Gasteiger partial charge < -0.3 is 50.2 Å². The number of benzene rings is 2. The van der Waals surface area contributed by atoms with E-state index in [1.807, 2.05) is 57.2 Å². The van der Waals surface area contributed by atoms with Crippen LogP contribution in [0, 0.1) is 46.8 Å². The maximum Gasteiger partial charge on any atom is 0.417 e. The van der Waals surface area contributed by atoms with Gasteiger partial charge in [-0.2, -0.15) is 18.4 Å². The molecule has 2 aromatic rings. The summed E-state index contributed by atoms with van der Waals surface area (Å²) in [6.45, 7) is 12.4. The van der Waals surface area contributed by atoms with E-state index in [-0.39, 0.29) is 65.4 Å². The Balaban J connectivity index is 1.34.